The molecule has 1 heterocycles. The van der Waals surface area contributed by atoms with E-state index >= 15 is 0 Å². The van der Waals surface area contributed by atoms with Crippen molar-refractivity contribution < 1.29 is 22.8 Å². The van der Waals surface area contributed by atoms with E-state index in [9.17, 15) is 23.3 Å². The van der Waals surface area contributed by atoms with Gasteiger partial charge in [-0.25, -0.2) is 0 Å². The van der Waals surface area contributed by atoms with Crippen LogP contribution in [-0.4, -0.2) is 29.2 Å². The van der Waals surface area contributed by atoms with Crippen molar-refractivity contribution in [2.75, 3.05) is 18.5 Å². The second-order valence-corrected chi connectivity index (χ2v) is 3.21. The lowest BCUT2D eigenvalue weighted by Crippen LogP contribution is -2.20. The maximum Gasteiger partial charge on any atom is 0.422 e. The van der Waals surface area contributed by atoms with Gasteiger partial charge in [0.15, 0.2) is 6.61 Å². The second kappa shape index (κ2) is 5.52. The molecule has 0 spiro atoms. The largest absolute Gasteiger partial charge is 0.463 e. The lowest BCUT2D eigenvalue weighted by molar-refractivity contribution is -0.386. The minimum Gasteiger partial charge on any atom is -0.463 e. The SMILES string of the molecule is CCNc1ccc([N+](=O)[O-])c(OCC(F)(F)F)n1. The number of alkyl halides is 3. The fourth-order valence-corrected chi connectivity index (χ4v) is 1.11. The lowest BCUT2D eigenvalue weighted by atomic mass is 10.4. The number of halogens is 3. The van der Waals surface area contributed by atoms with Gasteiger partial charge in [0.1, 0.15) is 5.82 Å². The summed E-state index contributed by atoms with van der Waals surface area (Å²) in [7, 11) is 0. The van der Waals surface area contributed by atoms with E-state index in [0.717, 1.165) is 6.07 Å². The van der Waals surface area contributed by atoms with Crippen molar-refractivity contribution in [3.63, 3.8) is 0 Å². The molecule has 1 rings (SSSR count). The predicted molar refractivity (Wildman–Crippen MR) is 56.6 cm³/mol. The first-order chi connectivity index (χ1) is 8.33. The van der Waals surface area contributed by atoms with Crippen molar-refractivity contribution in [1.29, 1.82) is 0 Å². The Morgan fingerprint density at radius 2 is 2.17 bits per heavy atom. The van der Waals surface area contributed by atoms with Gasteiger partial charge in [-0.2, -0.15) is 18.2 Å². The van der Waals surface area contributed by atoms with Gasteiger partial charge in [-0.05, 0) is 13.0 Å². The highest BCUT2D eigenvalue weighted by Crippen LogP contribution is 2.28. The number of nitrogens with zero attached hydrogens (tertiary/aromatic N) is 2. The number of ether oxygens (including phenoxy) is 1. The minimum atomic E-state index is -4.58. The van der Waals surface area contributed by atoms with Gasteiger partial charge < -0.3 is 10.1 Å². The molecule has 0 saturated heterocycles. The molecule has 0 unspecified atom stereocenters. The highest BCUT2D eigenvalue weighted by Gasteiger charge is 2.30. The zero-order chi connectivity index (χ0) is 13.8. The normalized spacial score (nSPS) is 11.1. The van der Waals surface area contributed by atoms with E-state index in [1.807, 2.05) is 0 Å². The summed E-state index contributed by atoms with van der Waals surface area (Å²) in [5.74, 6) is -0.448. The van der Waals surface area contributed by atoms with Crippen LogP contribution >= 0.6 is 0 Å². The topological polar surface area (TPSA) is 77.3 Å². The van der Waals surface area contributed by atoms with E-state index < -0.39 is 29.3 Å². The van der Waals surface area contributed by atoms with Crippen LogP contribution < -0.4 is 10.1 Å². The Bertz CT molecular complexity index is 437. The molecule has 0 aliphatic carbocycles. The molecule has 0 amide bonds. The van der Waals surface area contributed by atoms with Crippen molar-refractivity contribution in [2.45, 2.75) is 13.1 Å². The summed E-state index contributed by atoms with van der Waals surface area (Å²) in [5.41, 5.74) is -0.610. The second-order valence-electron chi connectivity index (χ2n) is 3.21. The Morgan fingerprint density at radius 3 is 2.67 bits per heavy atom. The van der Waals surface area contributed by atoms with Crippen molar-refractivity contribution in [1.82, 2.24) is 4.98 Å². The summed E-state index contributed by atoms with van der Waals surface area (Å²) in [6, 6.07) is 2.33. The standard InChI is InChI=1S/C9H10F3N3O3/c1-2-13-7-4-3-6(15(16)17)8(14-7)18-5-9(10,11)12/h3-4H,2,5H2,1H3,(H,13,14). The molecule has 18 heavy (non-hydrogen) atoms. The summed E-state index contributed by atoms with van der Waals surface area (Å²) in [4.78, 5) is 13.4. The van der Waals surface area contributed by atoms with E-state index in [1.54, 1.807) is 6.92 Å². The average Bonchev–Trinajstić information content (AvgIpc) is 2.25. The number of pyridine rings is 1. The summed E-state index contributed by atoms with van der Waals surface area (Å²) < 4.78 is 40.3. The number of aromatic nitrogens is 1. The molecule has 1 aromatic rings. The number of nitro groups is 1. The van der Waals surface area contributed by atoms with Crippen molar-refractivity contribution in [2.24, 2.45) is 0 Å². The maximum atomic E-state index is 12.0. The monoisotopic (exact) mass is 265 g/mol. The molecule has 0 aliphatic rings. The van der Waals surface area contributed by atoms with Gasteiger partial charge in [0.05, 0.1) is 4.92 Å². The smallest absolute Gasteiger partial charge is 0.422 e. The van der Waals surface area contributed by atoms with Gasteiger partial charge in [0.2, 0.25) is 0 Å². The van der Waals surface area contributed by atoms with Gasteiger partial charge in [-0.15, -0.1) is 0 Å². The van der Waals surface area contributed by atoms with Crippen molar-refractivity contribution in [3.8, 4) is 5.88 Å². The molecule has 0 radical (unpaired) electrons. The van der Waals surface area contributed by atoms with Crippen LogP contribution in [0.3, 0.4) is 0 Å². The number of rotatable bonds is 5. The third-order valence-electron chi connectivity index (χ3n) is 1.77. The Balaban J connectivity index is 2.96. The summed E-state index contributed by atoms with van der Waals surface area (Å²) >= 11 is 0. The first-order valence-electron chi connectivity index (χ1n) is 4.92. The molecule has 0 aromatic carbocycles. The van der Waals surface area contributed by atoms with Crippen LogP contribution in [0.4, 0.5) is 24.7 Å². The molecule has 9 heteroatoms. The average molecular weight is 265 g/mol. The summed E-state index contributed by atoms with van der Waals surface area (Å²) in [6.45, 7) is 0.597. The molecule has 100 valence electrons. The number of anilines is 1. The molecule has 0 atom stereocenters. The van der Waals surface area contributed by atoms with Crippen LogP contribution in [0.2, 0.25) is 0 Å². The van der Waals surface area contributed by atoms with Crippen LogP contribution in [0.1, 0.15) is 6.92 Å². The highest BCUT2D eigenvalue weighted by atomic mass is 19.4. The highest BCUT2D eigenvalue weighted by molar-refractivity contribution is 5.49. The third-order valence-corrected chi connectivity index (χ3v) is 1.77. The van der Waals surface area contributed by atoms with Gasteiger partial charge in [-0.1, -0.05) is 0 Å². The van der Waals surface area contributed by atoms with E-state index in [2.05, 4.69) is 15.0 Å². The Morgan fingerprint density at radius 1 is 1.50 bits per heavy atom. The molecular weight excluding hydrogens is 255 g/mol. The summed E-state index contributed by atoms with van der Waals surface area (Å²) in [6.07, 6.45) is -4.58. The third kappa shape index (κ3) is 4.07. The Kier molecular flexibility index (Phi) is 4.29. The first-order valence-corrected chi connectivity index (χ1v) is 4.92. The zero-order valence-electron chi connectivity index (χ0n) is 9.32. The Labute approximate surface area is 99.9 Å². The molecule has 0 bridgehead atoms. The molecular formula is C9H10F3N3O3. The van der Waals surface area contributed by atoms with Crippen molar-refractivity contribution in [3.05, 3.63) is 22.2 Å². The van der Waals surface area contributed by atoms with Crippen LogP contribution in [0, 0.1) is 10.1 Å². The van der Waals surface area contributed by atoms with Gasteiger partial charge in [-0.3, -0.25) is 10.1 Å². The van der Waals surface area contributed by atoms with Crippen LogP contribution in [-0.2, 0) is 0 Å². The number of hydrogen-bond acceptors (Lipinski definition) is 5. The molecule has 1 N–H and O–H groups in total. The van der Waals surface area contributed by atoms with Gasteiger partial charge >= 0.3 is 11.9 Å². The quantitative estimate of drug-likeness (QED) is 0.653. The number of nitrogens with one attached hydrogen (secondary N) is 1. The van der Waals surface area contributed by atoms with E-state index in [1.165, 1.54) is 6.07 Å². The summed E-state index contributed by atoms with van der Waals surface area (Å²) in [5, 5.41) is 13.3. The molecule has 0 aliphatic heterocycles. The Hall–Kier alpha value is -2.06. The fourth-order valence-electron chi connectivity index (χ4n) is 1.11. The number of hydrogen-bond donors (Lipinski definition) is 1. The van der Waals surface area contributed by atoms with Crippen LogP contribution in [0.15, 0.2) is 12.1 Å². The maximum absolute atomic E-state index is 12.0. The zero-order valence-corrected chi connectivity index (χ0v) is 9.32. The van der Waals surface area contributed by atoms with E-state index in [4.69, 9.17) is 0 Å². The molecule has 0 saturated carbocycles. The minimum absolute atomic E-state index is 0.209. The van der Waals surface area contributed by atoms with Crippen molar-refractivity contribution >= 4 is 11.5 Å². The van der Waals surface area contributed by atoms with Crippen LogP contribution in [0.5, 0.6) is 5.88 Å². The lowest BCUT2D eigenvalue weighted by Gasteiger charge is -2.10. The molecule has 0 fully saturated rings. The van der Waals surface area contributed by atoms with Crippen LogP contribution in [0.25, 0.3) is 0 Å². The predicted octanol–water partition coefficient (Wildman–Crippen LogP) is 2.36. The van der Waals surface area contributed by atoms with E-state index in [0.29, 0.717) is 6.54 Å². The fraction of sp³-hybridized carbons (Fsp3) is 0.444. The molecule has 1 aromatic heterocycles. The van der Waals surface area contributed by atoms with Gasteiger partial charge in [0, 0.05) is 12.6 Å². The van der Waals surface area contributed by atoms with Gasteiger partial charge in [0.25, 0.3) is 5.88 Å². The van der Waals surface area contributed by atoms with E-state index in [-0.39, 0.29) is 5.82 Å². The molecule has 6 nitrogen and oxygen atoms in total. The first kappa shape index (κ1) is 14.0.